The molecule has 122 valence electrons. The highest BCUT2D eigenvalue weighted by Gasteiger charge is 2.46. The topological polar surface area (TPSA) is 35.6 Å². The van der Waals surface area contributed by atoms with Gasteiger partial charge >= 0.3 is 0 Å². The van der Waals surface area contributed by atoms with Gasteiger partial charge in [-0.2, -0.15) is 0 Å². The van der Waals surface area contributed by atoms with E-state index >= 15 is 0 Å². The zero-order valence-corrected chi connectivity index (χ0v) is 14.7. The van der Waals surface area contributed by atoms with E-state index in [1.807, 2.05) is 11.9 Å². The summed E-state index contributed by atoms with van der Waals surface area (Å²) in [6.45, 7) is 6.12. The van der Waals surface area contributed by atoms with Crippen LogP contribution in [0.3, 0.4) is 0 Å². The highest BCUT2D eigenvalue weighted by Crippen LogP contribution is 2.41. The molecule has 22 heavy (non-hydrogen) atoms. The zero-order chi connectivity index (χ0) is 15.7. The molecule has 1 N–H and O–H groups in total. The number of amides is 1. The average molecular weight is 321 g/mol. The minimum Gasteiger partial charge on any atom is -0.339 e. The van der Waals surface area contributed by atoms with E-state index in [1.165, 1.54) is 23.3 Å². The summed E-state index contributed by atoms with van der Waals surface area (Å²) in [5, 5.41) is 5.55. The van der Waals surface area contributed by atoms with Gasteiger partial charge in [-0.25, -0.2) is 0 Å². The second kappa shape index (κ2) is 6.30. The largest absolute Gasteiger partial charge is 0.339 e. The maximum atomic E-state index is 12.9. The number of carbonyl (C=O) groups excluding carboxylic acids is 1. The molecule has 0 radical (unpaired) electrons. The van der Waals surface area contributed by atoms with Gasteiger partial charge in [0.2, 0.25) is 5.91 Å². The van der Waals surface area contributed by atoms with Gasteiger partial charge in [0.25, 0.3) is 0 Å². The lowest BCUT2D eigenvalue weighted by molar-refractivity contribution is -0.134. The van der Waals surface area contributed by atoms with Crippen molar-refractivity contribution in [1.82, 2.24) is 15.1 Å². The van der Waals surface area contributed by atoms with Crippen LogP contribution < -0.4 is 5.32 Å². The normalized spacial score (nSPS) is 24.8. The molecule has 0 saturated carbocycles. The van der Waals surface area contributed by atoms with Gasteiger partial charge in [-0.05, 0) is 68.7 Å². The molecule has 1 spiro atoms. The van der Waals surface area contributed by atoms with Gasteiger partial charge < -0.3 is 10.2 Å². The Kier molecular flexibility index (Phi) is 4.57. The van der Waals surface area contributed by atoms with Crippen molar-refractivity contribution in [3.8, 4) is 0 Å². The molecule has 0 aromatic carbocycles. The van der Waals surface area contributed by atoms with E-state index in [-0.39, 0.29) is 11.9 Å². The maximum Gasteiger partial charge on any atom is 0.240 e. The molecule has 3 heterocycles. The minimum absolute atomic E-state index is 0.0587. The molecule has 2 aliphatic rings. The third-order valence-corrected chi connectivity index (χ3v) is 6.43. The van der Waals surface area contributed by atoms with Crippen LogP contribution in [-0.2, 0) is 11.3 Å². The Morgan fingerprint density at radius 3 is 2.86 bits per heavy atom. The summed E-state index contributed by atoms with van der Waals surface area (Å²) in [6.07, 6.45) is 3.43. The molecule has 1 amide bonds. The van der Waals surface area contributed by atoms with Crippen molar-refractivity contribution in [1.29, 1.82) is 0 Å². The fraction of sp³-hybridized carbons (Fsp3) is 0.706. The minimum atomic E-state index is 0.0587. The second-order valence-corrected chi connectivity index (χ2v) is 8.11. The van der Waals surface area contributed by atoms with E-state index in [4.69, 9.17) is 0 Å². The van der Waals surface area contributed by atoms with Crippen molar-refractivity contribution in [2.45, 2.75) is 38.8 Å². The lowest BCUT2D eigenvalue weighted by Gasteiger charge is -2.33. The zero-order valence-electron chi connectivity index (χ0n) is 13.9. The fourth-order valence-corrected chi connectivity index (χ4v) is 4.94. The van der Waals surface area contributed by atoms with Crippen molar-refractivity contribution in [2.24, 2.45) is 5.41 Å². The van der Waals surface area contributed by atoms with Crippen LogP contribution >= 0.6 is 11.3 Å². The molecule has 2 fully saturated rings. The van der Waals surface area contributed by atoms with Crippen molar-refractivity contribution < 1.29 is 4.79 Å². The number of hydrogen-bond donors (Lipinski definition) is 1. The fourth-order valence-electron chi connectivity index (χ4n) is 3.98. The number of carbonyl (C=O) groups is 1. The lowest BCUT2D eigenvalue weighted by atomic mass is 9.77. The standard InChI is InChI=1S/C17H27N3OS/c1-13-4-9-22-15(13)11-19(2)16(21)14-10-17(12-20(14)3)5-7-18-8-6-17/h4,9,14,18H,5-8,10-12H2,1-3H3. The summed E-state index contributed by atoms with van der Waals surface area (Å²) in [6, 6.07) is 2.19. The van der Waals surface area contributed by atoms with E-state index in [9.17, 15) is 4.79 Å². The maximum absolute atomic E-state index is 12.9. The van der Waals surface area contributed by atoms with Gasteiger partial charge in [0.15, 0.2) is 0 Å². The van der Waals surface area contributed by atoms with Crippen LogP contribution in [0, 0.1) is 12.3 Å². The molecule has 1 atom stereocenters. The van der Waals surface area contributed by atoms with Crippen molar-refractivity contribution >= 4 is 17.2 Å². The van der Waals surface area contributed by atoms with Crippen LogP contribution in [0.2, 0.25) is 0 Å². The Labute approximate surface area is 137 Å². The Morgan fingerprint density at radius 2 is 2.23 bits per heavy atom. The number of likely N-dealkylation sites (tertiary alicyclic amines) is 1. The molecule has 4 nitrogen and oxygen atoms in total. The number of piperidine rings is 1. The van der Waals surface area contributed by atoms with Gasteiger partial charge in [0.05, 0.1) is 12.6 Å². The number of nitrogens with one attached hydrogen (secondary N) is 1. The lowest BCUT2D eigenvalue weighted by Crippen LogP contribution is -2.42. The molecular formula is C17H27N3OS. The van der Waals surface area contributed by atoms with Gasteiger partial charge in [0.1, 0.15) is 0 Å². The van der Waals surface area contributed by atoms with Crippen molar-refractivity contribution in [3.63, 3.8) is 0 Å². The summed E-state index contributed by atoms with van der Waals surface area (Å²) in [5.41, 5.74) is 1.65. The average Bonchev–Trinajstić information content (AvgIpc) is 3.03. The first-order valence-corrected chi connectivity index (χ1v) is 9.08. The quantitative estimate of drug-likeness (QED) is 0.926. The Balaban J connectivity index is 1.65. The summed E-state index contributed by atoms with van der Waals surface area (Å²) in [7, 11) is 4.06. The molecule has 0 aliphatic carbocycles. The predicted octanol–water partition coefficient (Wildman–Crippen LogP) is 2.09. The molecule has 1 unspecified atom stereocenters. The SMILES string of the molecule is Cc1ccsc1CN(C)C(=O)C1CC2(CCNCC2)CN1C. The van der Waals surface area contributed by atoms with Crippen LogP contribution in [0.1, 0.15) is 29.7 Å². The Morgan fingerprint density at radius 1 is 1.50 bits per heavy atom. The summed E-state index contributed by atoms with van der Waals surface area (Å²) in [5.74, 6) is 0.283. The monoisotopic (exact) mass is 321 g/mol. The molecule has 3 rings (SSSR count). The van der Waals surface area contributed by atoms with Gasteiger partial charge in [-0.3, -0.25) is 9.69 Å². The van der Waals surface area contributed by atoms with E-state index in [1.54, 1.807) is 11.3 Å². The van der Waals surface area contributed by atoms with Crippen molar-refractivity contribution in [3.05, 3.63) is 21.9 Å². The Hall–Kier alpha value is -0.910. The number of aryl methyl sites for hydroxylation is 1. The summed E-state index contributed by atoms with van der Waals surface area (Å²) in [4.78, 5) is 18.4. The highest BCUT2D eigenvalue weighted by atomic mass is 32.1. The van der Waals surface area contributed by atoms with Crippen molar-refractivity contribution in [2.75, 3.05) is 33.7 Å². The summed E-state index contributed by atoms with van der Waals surface area (Å²) >= 11 is 1.74. The molecule has 0 bridgehead atoms. The molecule has 1 aromatic heterocycles. The second-order valence-electron chi connectivity index (χ2n) is 7.11. The number of rotatable bonds is 3. The van der Waals surface area contributed by atoms with Crippen LogP contribution in [0.4, 0.5) is 0 Å². The third-order valence-electron chi connectivity index (χ3n) is 5.42. The van der Waals surface area contributed by atoms with E-state index in [2.05, 4.69) is 35.6 Å². The van der Waals surface area contributed by atoms with Crippen LogP contribution in [0.15, 0.2) is 11.4 Å². The van der Waals surface area contributed by atoms with Crippen LogP contribution in [0.25, 0.3) is 0 Å². The first kappa shape index (κ1) is 16.0. The number of nitrogens with zero attached hydrogens (tertiary/aromatic N) is 2. The smallest absolute Gasteiger partial charge is 0.240 e. The number of hydrogen-bond acceptors (Lipinski definition) is 4. The van der Waals surface area contributed by atoms with E-state index in [0.29, 0.717) is 5.41 Å². The number of thiophene rings is 1. The van der Waals surface area contributed by atoms with Gasteiger partial charge in [0, 0.05) is 18.5 Å². The molecular weight excluding hydrogens is 294 g/mol. The first-order chi connectivity index (χ1) is 10.5. The summed E-state index contributed by atoms with van der Waals surface area (Å²) < 4.78 is 0. The van der Waals surface area contributed by atoms with Gasteiger partial charge in [-0.1, -0.05) is 0 Å². The van der Waals surface area contributed by atoms with E-state index < -0.39 is 0 Å². The van der Waals surface area contributed by atoms with Crippen LogP contribution in [0.5, 0.6) is 0 Å². The molecule has 2 aliphatic heterocycles. The van der Waals surface area contributed by atoms with Crippen LogP contribution in [-0.4, -0.2) is 55.5 Å². The van der Waals surface area contributed by atoms with Gasteiger partial charge in [-0.15, -0.1) is 11.3 Å². The molecule has 2 saturated heterocycles. The first-order valence-electron chi connectivity index (χ1n) is 8.20. The number of likely N-dealkylation sites (N-methyl/N-ethyl adjacent to an activating group) is 2. The highest BCUT2D eigenvalue weighted by molar-refractivity contribution is 7.10. The predicted molar refractivity (Wildman–Crippen MR) is 91.1 cm³/mol. The molecule has 5 heteroatoms. The Bertz CT molecular complexity index is 536. The molecule has 1 aromatic rings. The van der Waals surface area contributed by atoms with E-state index in [0.717, 1.165) is 32.6 Å². The third kappa shape index (κ3) is 3.07.